The fourth-order valence-electron chi connectivity index (χ4n) is 4.87. The summed E-state index contributed by atoms with van der Waals surface area (Å²) >= 11 is 0. The fourth-order valence-corrected chi connectivity index (χ4v) is 4.87. The minimum Gasteiger partial charge on any atom is -0.494 e. The number of unbranched alkanes of at least 4 members (excludes halogenated alkanes) is 7. The predicted molar refractivity (Wildman–Crippen MR) is 153 cm³/mol. The Balaban J connectivity index is 1.36. The van der Waals surface area contributed by atoms with E-state index >= 15 is 0 Å². The summed E-state index contributed by atoms with van der Waals surface area (Å²) in [4.78, 5) is 9.23. The lowest BCUT2D eigenvalue weighted by molar-refractivity contribution is 0.300. The Labute approximate surface area is 219 Å². The molecule has 0 spiro atoms. The Morgan fingerprint density at radius 2 is 1.33 bits per heavy atom. The van der Waals surface area contributed by atoms with Gasteiger partial charge in [-0.15, -0.1) is 0 Å². The van der Waals surface area contributed by atoms with Gasteiger partial charge in [0, 0.05) is 18.0 Å². The normalized spacial score (nSPS) is 11.9. The van der Waals surface area contributed by atoms with Crippen molar-refractivity contribution in [3.63, 3.8) is 0 Å². The molecular weight excluding hydrogens is 440 g/mol. The Bertz CT molecular complexity index is 938. The van der Waals surface area contributed by atoms with Crippen LogP contribution in [0.3, 0.4) is 0 Å². The van der Waals surface area contributed by atoms with Gasteiger partial charge in [-0.25, -0.2) is 9.97 Å². The minimum absolute atomic E-state index is 0.623. The van der Waals surface area contributed by atoms with Crippen molar-refractivity contribution in [1.29, 1.82) is 0 Å². The minimum atomic E-state index is 0.623. The summed E-state index contributed by atoms with van der Waals surface area (Å²) in [6, 6.07) is 19.1. The maximum absolute atomic E-state index is 6.03. The van der Waals surface area contributed by atoms with E-state index in [-0.39, 0.29) is 0 Å². The highest BCUT2D eigenvalue weighted by Gasteiger charge is 2.10. The van der Waals surface area contributed by atoms with E-state index in [1.54, 1.807) is 0 Å². The average molecular weight is 487 g/mol. The number of hydrogen-bond donors (Lipinski definition) is 0. The first-order chi connectivity index (χ1) is 17.8. The molecule has 0 amide bonds. The van der Waals surface area contributed by atoms with E-state index < -0.39 is 0 Å². The van der Waals surface area contributed by atoms with Crippen molar-refractivity contribution in [2.24, 2.45) is 0 Å². The predicted octanol–water partition coefficient (Wildman–Crippen LogP) is 9.57. The zero-order chi connectivity index (χ0) is 25.3. The summed E-state index contributed by atoms with van der Waals surface area (Å²) in [7, 11) is 0. The van der Waals surface area contributed by atoms with E-state index in [1.807, 2.05) is 24.5 Å². The molecule has 1 unspecified atom stereocenters. The number of hydrogen-bond acceptors (Lipinski definition) is 3. The van der Waals surface area contributed by atoms with Crippen molar-refractivity contribution < 1.29 is 4.74 Å². The van der Waals surface area contributed by atoms with Crippen LogP contribution in [0, 0.1) is 0 Å². The van der Waals surface area contributed by atoms with Gasteiger partial charge in [0.05, 0.1) is 6.61 Å². The molecule has 3 heteroatoms. The molecule has 0 saturated carbocycles. The molecule has 0 N–H and O–H groups in total. The highest BCUT2D eigenvalue weighted by Crippen LogP contribution is 2.26. The van der Waals surface area contributed by atoms with E-state index in [1.165, 1.54) is 75.3 Å². The van der Waals surface area contributed by atoms with E-state index in [9.17, 15) is 0 Å². The van der Waals surface area contributed by atoms with Gasteiger partial charge in [-0.05, 0) is 73.4 Å². The highest BCUT2D eigenvalue weighted by molar-refractivity contribution is 5.55. The molecule has 36 heavy (non-hydrogen) atoms. The molecule has 0 fully saturated rings. The first kappa shape index (κ1) is 27.9. The van der Waals surface area contributed by atoms with Gasteiger partial charge in [-0.3, -0.25) is 0 Å². The summed E-state index contributed by atoms with van der Waals surface area (Å²) < 4.78 is 6.03. The lowest BCUT2D eigenvalue weighted by atomic mass is 9.90. The van der Waals surface area contributed by atoms with E-state index in [2.05, 4.69) is 66.3 Å². The summed E-state index contributed by atoms with van der Waals surface area (Å²) in [5.74, 6) is 2.32. The molecular formula is C33H46N2O. The van der Waals surface area contributed by atoms with E-state index in [0.717, 1.165) is 43.0 Å². The summed E-state index contributed by atoms with van der Waals surface area (Å²) in [6.45, 7) is 5.29. The Hall–Kier alpha value is -2.68. The lowest BCUT2D eigenvalue weighted by Gasteiger charge is -2.16. The zero-order valence-electron chi connectivity index (χ0n) is 22.6. The fraction of sp³-hybridized carbons (Fsp3) is 0.515. The average Bonchev–Trinajstić information content (AvgIpc) is 2.93. The third kappa shape index (κ3) is 10.1. The van der Waals surface area contributed by atoms with Crippen molar-refractivity contribution in [3.8, 4) is 17.1 Å². The maximum atomic E-state index is 6.03. The second-order valence-electron chi connectivity index (χ2n) is 10.1. The second kappa shape index (κ2) is 16.9. The number of nitrogens with zero attached hydrogens (tertiary/aromatic N) is 2. The molecule has 194 valence electrons. The zero-order valence-corrected chi connectivity index (χ0v) is 22.6. The molecule has 3 nitrogen and oxygen atoms in total. The van der Waals surface area contributed by atoms with Crippen LogP contribution in [-0.2, 0) is 6.42 Å². The van der Waals surface area contributed by atoms with Crippen molar-refractivity contribution >= 4 is 0 Å². The summed E-state index contributed by atoms with van der Waals surface area (Å²) in [5, 5.41) is 0. The topological polar surface area (TPSA) is 35.0 Å². The van der Waals surface area contributed by atoms with Crippen LogP contribution in [0.4, 0.5) is 0 Å². The van der Waals surface area contributed by atoms with Gasteiger partial charge >= 0.3 is 0 Å². The third-order valence-electron chi connectivity index (χ3n) is 7.01. The van der Waals surface area contributed by atoms with Gasteiger partial charge in [0.25, 0.3) is 0 Å². The number of aromatic nitrogens is 2. The van der Waals surface area contributed by atoms with Crippen LogP contribution in [0.2, 0.25) is 0 Å². The van der Waals surface area contributed by atoms with Crippen molar-refractivity contribution in [3.05, 3.63) is 78.1 Å². The van der Waals surface area contributed by atoms with Crippen LogP contribution >= 0.6 is 0 Å². The van der Waals surface area contributed by atoms with Gasteiger partial charge < -0.3 is 4.74 Å². The van der Waals surface area contributed by atoms with Crippen LogP contribution in [0.15, 0.2) is 67.0 Å². The Kier molecular flexibility index (Phi) is 13.1. The van der Waals surface area contributed by atoms with Gasteiger partial charge in [0.15, 0.2) is 5.82 Å². The molecule has 0 aliphatic rings. The summed E-state index contributed by atoms with van der Waals surface area (Å²) in [6.07, 6.45) is 20.5. The highest BCUT2D eigenvalue weighted by atomic mass is 16.5. The number of benzene rings is 2. The Morgan fingerprint density at radius 3 is 2.00 bits per heavy atom. The molecule has 1 aromatic heterocycles. The molecule has 0 bridgehead atoms. The lowest BCUT2D eigenvalue weighted by Crippen LogP contribution is -2.03. The van der Waals surface area contributed by atoms with Crippen molar-refractivity contribution in [1.82, 2.24) is 9.97 Å². The molecule has 2 aromatic carbocycles. The SMILES string of the molecule is CCCCCCCCCCc1cnc(-c2ccc(OCCCC(CCC)c3ccccc3)cc2)nc1. The molecule has 3 rings (SSSR count). The maximum Gasteiger partial charge on any atom is 0.159 e. The molecule has 0 radical (unpaired) electrons. The molecule has 0 saturated heterocycles. The van der Waals surface area contributed by atoms with Crippen LogP contribution < -0.4 is 4.74 Å². The van der Waals surface area contributed by atoms with Gasteiger partial charge in [-0.1, -0.05) is 95.5 Å². The number of aryl methyl sites for hydroxylation is 1. The van der Waals surface area contributed by atoms with Gasteiger partial charge in [0.2, 0.25) is 0 Å². The van der Waals surface area contributed by atoms with Gasteiger partial charge in [-0.2, -0.15) is 0 Å². The Morgan fingerprint density at radius 1 is 0.667 bits per heavy atom. The van der Waals surface area contributed by atoms with Crippen LogP contribution in [0.25, 0.3) is 11.4 Å². The van der Waals surface area contributed by atoms with Crippen molar-refractivity contribution in [2.45, 2.75) is 103 Å². The van der Waals surface area contributed by atoms with Gasteiger partial charge in [0.1, 0.15) is 5.75 Å². The largest absolute Gasteiger partial charge is 0.494 e. The number of ether oxygens (including phenoxy) is 1. The second-order valence-corrected chi connectivity index (χ2v) is 10.1. The smallest absolute Gasteiger partial charge is 0.159 e. The quantitative estimate of drug-likeness (QED) is 0.168. The molecule has 0 aliphatic heterocycles. The number of rotatable bonds is 18. The first-order valence-electron chi connectivity index (χ1n) is 14.4. The summed E-state index contributed by atoms with van der Waals surface area (Å²) in [5.41, 5.74) is 3.72. The third-order valence-corrected chi connectivity index (χ3v) is 7.01. The molecule has 3 aromatic rings. The monoisotopic (exact) mass is 486 g/mol. The van der Waals surface area contributed by atoms with Crippen molar-refractivity contribution in [2.75, 3.05) is 6.61 Å². The first-order valence-corrected chi connectivity index (χ1v) is 14.4. The molecule has 1 atom stereocenters. The molecule has 0 aliphatic carbocycles. The standard InChI is InChI=1S/C33H46N2O/c1-3-5-6-7-8-9-10-12-17-28-26-34-33(35-27-28)31-21-23-32(24-22-31)36-25-15-20-29(16-4-2)30-18-13-11-14-19-30/h11,13-14,18-19,21-24,26-27,29H,3-10,12,15-17,20,25H2,1-2H3. The van der Waals surface area contributed by atoms with E-state index in [0.29, 0.717) is 5.92 Å². The van der Waals surface area contributed by atoms with E-state index in [4.69, 9.17) is 4.74 Å². The van der Waals surface area contributed by atoms with Crippen LogP contribution in [-0.4, -0.2) is 16.6 Å². The van der Waals surface area contributed by atoms with Crippen LogP contribution in [0.5, 0.6) is 5.75 Å². The van der Waals surface area contributed by atoms with Crippen LogP contribution in [0.1, 0.15) is 108 Å². The molecule has 1 heterocycles.